The number of carbonyl (C=O) groups excluding carboxylic acids is 2. The molecule has 0 saturated heterocycles. The predicted molar refractivity (Wildman–Crippen MR) is 228 cm³/mol. The minimum Gasteiger partial charge on any atom is -0.462 e. The summed E-state index contributed by atoms with van der Waals surface area (Å²) >= 11 is 0. The monoisotopic (exact) mass is 785 g/mol. The molecule has 0 bridgehead atoms. The molecule has 0 spiro atoms. The number of hydrogen-bond donors (Lipinski definition) is 0. The van der Waals surface area contributed by atoms with Gasteiger partial charge < -0.3 is 23.0 Å². The highest BCUT2D eigenvalue weighted by Crippen LogP contribution is 2.43. The first-order chi connectivity index (χ1) is 26.0. The fraction of sp³-hybridized carbons (Fsp3) is 0.867. The van der Waals surface area contributed by atoms with Gasteiger partial charge in [0.05, 0.1) is 27.7 Å². The molecule has 9 heteroatoms. The van der Waals surface area contributed by atoms with Crippen molar-refractivity contribution < 1.29 is 37.2 Å². The summed E-state index contributed by atoms with van der Waals surface area (Å²) in [6, 6.07) is 0. The van der Waals surface area contributed by atoms with Crippen molar-refractivity contribution in [3.05, 3.63) is 24.3 Å². The highest BCUT2D eigenvalue weighted by atomic mass is 31.2. The molecule has 0 aliphatic carbocycles. The third kappa shape index (κ3) is 40.2. The lowest BCUT2D eigenvalue weighted by Gasteiger charge is -2.25. The van der Waals surface area contributed by atoms with Crippen LogP contribution in [0.25, 0.3) is 0 Å². The van der Waals surface area contributed by atoms with E-state index >= 15 is 0 Å². The van der Waals surface area contributed by atoms with Gasteiger partial charge in [0.15, 0.2) is 6.10 Å². The molecular weight excluding hydrogens is 697 g/mol. The number of esters is 2. The SMILES string of the molecule is CCCCCCCC/C=C\CCCCCCCC(=O)OC[C@H](CO[P@@](C)(=O)OCC[N+](C)(C)C)OC(=O)CCCCCCC/C=C\CCCCCCCC. The van der Waals surface area contributed by atoms with Crippen LogP contribution in [0, 0.1) is 0 Å². The molecule has 0 aromatic carbocycles. The van der Waals surface area contributed by atoms with Crippen molar-refractivity contribution in [3.8, 4) is 0 Å². The Hall–Kier alpha value is -1.47. The van der Waals surface area contributed by atoms with E-state index in [4.69, 9.17) is 18.5 Å². The smallest absolute Gasteiger partial charge is 0.327 e. The zero-order chi connectivity index (χ0) is 40.0. The molecule has 0 radical (unpaired) electrons. The van der Waals surface area contributed by atoms with Crippen LogP contribution in [0.2, 0.25) is 0 Å². The molecule has 0 N–H and O–H groups in total. The molecule has 0 aliphatic heterocycles. The number of carbonyl (C=O) groups is 2. The standard InChI is InChI=1S/C45H87NO7P/c1-7-9-11-13-15-17-19-21-23-25-27-29-31-33-35-37-44(47)50-41-43(42-52-54(6,49)51-40-39-46(3,4)5)53-45(48)38-36-34-32-30-28-26-24-22-20-18-16-14-12-10-8-2/h21-24,43H,7-20,25-42H2,1-6H3/q+1/b23-21-,24-22-/t43-,54+/m1/s1. The average Bonchev–Trinajstić information content (AvgIpc) is 3.12. The highest BCUT2D eigenvalue weighted by Gasteiger charge is 2.24. The topological polar surface area (TPSA) is 88.1 Å². The van der Waals surface area contributed by atoms with Crippen molar-refractivity contribution in [2.45, 2.75) is 200 Å². The first kappa shape index (κ1) is 52.5. The number of ether oxygens (including phenoxy) is 2. The molecule has 54 heavy (non-hydrogen) atoms. The average molecular weight is 785 g/mol. The minimum atomic E-state index is -3.37. The van der Waals surface area contributed by atoms with E-state index in [1.165, 1.54) is 109 Å². The van der Waals surface area contributed by atoms with Gasteiger partial charge in [-0.3, -0.25) is 14.2 Å². The fourth-order valence-electron chi connectivity index (χ4n) is 6.04. The third-order valence-corrected chi connectivity index (χ3v) is 10.9. The van der Waals surface area contributed by atoms with Gasteiger partial charge in [-0.1, -0.05) is 141 Å². The van der Waals surface area contributed by atoms with E-state index in [2.05, 4.69) is 38.2 Å². The lowest BCUT2D eigenvalue weighted by molar-refractivity contribution is -0.870. The van der Waals surface area contributed by atoms with E-state index in [1.54, 1.807) is 0 Å². The summed E-state index contributed by atoms with van der Waals surface area (Å²) in [7, 11) is 2.71. The van der Waals surface area contributed by atoms with Crippen LogP contribution in [0.5, 0.6) is 0 Å². The Kier molecular flexibility index (Phi) is 36.1. The molecule has 0 fully saturated rings. The summed E-state index contributed by atoms with van der Waals surface area (Å²) in [4.78, 5) is 25.3. The number of allylic oxidation sites excluding steroid dienone is 4. The molecule has 0 rings (SSSR count). The van der Waals surface area contributed by atoms with Gasteiger partial charge in [0.25, 0.3) is 0 Å². The van der Waals surface area contributed by atoms with Gasteiger partial charge in [0.2, 0.25) is 0 Å². The van der Waals surface area contributed by atoms with Gasteiger partial charge in [-0.05, 0) is 64.2 Å². The maximum Gasteiger partial charge on any atom is 0.327 e. The van der Waals surface area contributed by atoms with E-state index in [1.807, 2.05) is 21.1 Å². The molecule has 0 aromatic heterocycles. The van der Waals surface area contributed by atoms with Crippen LogP contribution in [0.15, 0.2) is 24.3 Å². The van der Waals surface area contributed by atoms with Crippen molar-refractivity contribution in [1.82, 2.24) is 0 Å². The van der Waals surface area contributed by atoms with Crippen LogP contribution in [0.4, 0.5) is 0 Å². The van der Waals surface area contributed by atoms with Gasteiger partial charge in [0.1, 0.15) is 19.8 Å². The summed E-state index contributed by atoms with van der Waals surface area (Å²) in [6.07, 6.45) is 40.1. The van der Waals surface area contributed by atoms with Gasteiger partial charge in [-0.15, -0.1) is 0 Å². The Labute approximate surface area is 334 Å². The number of quaternary nitrogens is 1. The second kappa shape index (κ2) is 37.1. The van der Waals surface area contributed by atoms with Crippen LogP contribution in [-0.2, 0) is 32.7 Å². The summed E-state index contributed by atoms with van der Waals surface area (Å²) in [5.74, 6) is -0.670. The molecule has 8 nitrogen and oxygen atoms in total. The van der Waals surface area contributed by atoms with E-state index in [0.29, 0.717) is 23.9 Å². The van der Waals surface area contributed by atoms with Gasteiger partial charge in [-0.2, -0.15) is 0 Å². The maximum absolute atomic E-state index is 12.9. The van der Waals surface area contributed by atoms with Crippen molar-refractivity contribution in [1.29, 1.82) is 0 Å². The Balaban J connectivity index is 4.38. The lowest BCUT2D eigenvalue weighted by atomic mass is 10.1. The van der Waals surface area contributed by atoms with Crippen molar-refractivity contribution in [2.24, 2.45) is 0 Å². The Morgan fingerprint density at radius 2 is 0.926 bits per heavy atom. The van der Waals surface area contributed by atoms with Crippen molar-refractivity contribution in [3.63, 3.8) is 0 Å². The number of likely N-dealkylation sites (N-methyl/N-ethyl adjacent to an activating group) is 1. The predicted octanol–water partition coefficient (Wildman–Crippen LogP) is 13.1. The molecule has 318 valence electrons. The normalized spacial score (nSPS) is 13.8. The van der Waals surface area contributed by atoms with Gasteiger partial charge in [0, 0.05) is 19.5 Å². The van der Waals surface area contributed by atoms with Crippen LogP contribution >= 0.6 is 7.60 Å². The second-order valence-corrected chi connectivity index (χ2v) is 18.4. The van der Waals surface area contributed by atoms with Crippen molar-refractivity contribution >= 4 is 19.5 Å². The van der Waals surface area contributed by atoms with Gasteiger partial charge >= 0.3 is 19.5 Å². The summed E-state index contributed by atoms with van der Waals surface area (Å²) in [5, 5.41) is 0. The molecule has 2 atom stereocenters. The molecule has 0 saturated carbocycles. The summed E-state index contributed by atoms with van der Waals surface area (Å²) in [5.41, 5.74) is 0. The number of unbranched alkanes of at least 4 members (excludes halogenated alkanes) is 22. The van der Waals surface area contributed by atoms with E-state index in [-0.39, 0.29) is 31.8 Å². The fourth-order valence-corrected chi connectivity index (χ4v) is 6.96. The van der Waals surface area contributed by atoms with Crippen LogP contribution < -0.4 is 0 Å². The second-order valence-electron chi connectivity index (χ2n) is 16.4. The van der Waals surface area contributed by atoms with Crippen molar-refractivity contribution in [2.75, 3.05) is 54.2 Å². The lowest BCUT2D eigenvalue weighted by Crippen LogP contribution is -2.37. The Morgan fingerprint density at radius 1 is 0.537 bits per heavy atom. The minimum absolute atomic E-state index is 0.124. The molecule has 0 heterocycles. The van der Waals surface area contributed by atoms with E-state index in [9.17, 15) is 14.2 Å². The molecule has 0 aromatic rings. The molecule has 0 aliphatic rings. The van der Waals surface area contributed by atoms with Crippen LogP contribution in [0.3, 0.4) is 0 Å². The summed E-state index contributed by atoms with van der Waals surface area (Å²) < 4.78 is 35.9. The maximum atomic E-state index is 12.9. The Bertz CT molecular complexity index is 978. The third-order valence-electron chi connectivity index (χ3n) is 9.60. The number of nitrogens with zero attached hydrogens (tertiary/aromatic N) is 1. The number of rotatable bonds is 40. The Morgan fingerprint density at radius 3 is 1.35 bits per heavy atom. The quantitative estimate of drug-likeness (QED) is 0.0201. The molecular formula is C45H87NO7P+. The van der Waals surface area contributed by atoms with E-state index in [0.717, 1.165) is 64.2 Å². The first-order valence-electron chi connectivity index (χ1n) is 22.3. The first-order valence-corrected chi connectivity index (χ1v) is 24.3. The van der Waals surface area contributed by atoms with Crippen LogP contribution in [0.1, 0.15) is 194 Å². The zero-order valence-corrected chi connectivity index (χ0v) is 37.2. The molecule has 0 amide bonds. The van der Waals surface area contributed by atoms with E-state index < -0.39 is 13.7 Å². The number of hydrogen-bond acceptors (Lipinski definition) is 7. The summed E-state index contributed by atoms with van der Waals surface area (Å²) in [6.45, 7) is 6.61. The highest BCUT2D eigenvalue weighted by molar-refractivity contribution is 7.52. The zero-order valence-electron chi connectivity index (χ0n) is 36.3. The molecule has 0 unspecified atom stereocenters. The largest absolute Gasteiger partial charge is 0.462 e. The van der Waals surface area contributed by atoms with Gasteiger partial charge in [-0.25, -0.2) is 0 Å². The van der Waals surface area contributed by atoms with Crippen LogP contribution in [-0.4, -0.2) is 76.7 Å².